The van der Waals surface area contributed by atoms with Crippen molar-refractivity contribution in [3.05, 3.63) is 83.9 Å². The van der Waals surface area contributed by atoms with E-state index in [1.165, 1.54) is 35.6 Å². The van der Waals surface area contributed by atoms with Gasteiger partial charge in [-0.25, -0.2) is 16.8 Å². The monoisotopic (exact) mass is 615 g/mol. The Morgan fingerprint density at radius 1 is 1.02 bits per heavy atom. The third-order valence-corrected chi connectivity index (χ3v) is 10.6. The van der Waals surface area contributed by atoms with Gasteiger partial charge in [0.2, 0.25) is 15.9 Å². The summed E-state index contributed by atoms with van der Waals surface area (Å²) < 4.78 is 62.8. The van der Waals surface area contributed by atoms with Crippen LogP contribution in [-0.2, 0) is 31.3 Å². The molecule has 0 aromatic heterocycles. The number of ether oxygens (including phenoxy) is 1. The quantitative estimate of drug-likeness (QED) is 0.378. The predicted octanol–water partition coefficient (Wildman–Crippen LogP) is 3.27. The fourth-order valence-corrected chi connectivity index (χ4v) is 7.02. The summed E-state index contributed by atoms with van der Waals surface area (Å²) in [4.78, 5) is 15.3. The van der Waals surface area contributed by atoms with Crippen LogP contribution in [0.2, 0.25) is 0 Å². The topological polar surface area (TPSA) is 133 Å². The molecule has 12 heteroatoms. The molecule has 0 fully saturated rings. The highest BCUT2D eigenvalue weighted by Crippen LogP contribution is 2.30. The Bertz CT molecular complexity index is 1610. The summed E-state index contributed by atoms with van der Waals surface area (Å²) in [7, 11) is -6.23. The van der Waals surface area contributed by atoms with Crippen molar-refractivity contribution >= 4 is 31.6 Å². The average Bonchev–Trinajstić information content (AvgIpc) is 3.00. The number of sulfonamides is 2. The van der Waals surface area contributed by atoms with Gasteiger partial charge in [-0.15, -0.1) is 0 Å². The zero-order valence-corrected chi connectivity index (χ0v) is 25.7. The minimum atomic E-state index is -3.89. The van der Waals surface area contributed by atoms with E-state index in [1.807, 2.05) is 13.8 Å². The van der Waals surface area contributed by atoms with E-state index in [4.69, 9.17) is 4.74 Å². The largest absolute Gasteiger partial charge is 0.488 e. The fourth-order valence-electron chi connectivity index (χ4n) is 4.77. The van der Waals surface area contributed by atoms with Gasteiger partial charge in [-0.2, -0.15) is 4.31 Å². The number of aliphatic hydroxyl groups is 1. The standard InChI is InChI=1S/C30H37N3O7S2/c1-21-10-13-26(14-11-21)41(36,37)31-25-12-15-28-24(16-25)17-30(35)33(23(3)20-34)18-22(2)29(40-28)19-32(4)42(38,39)27-8-6-5-7-9-27/h5-16,22-23,29,31,34H,17-20H2,1-4H3/t22-,23+,29-/m1/s1. The zero-order chi connectivity index (χ0) is 30.7. The van der Waals surface area contributed by atoms with Gasteiger partial charge >= 0.3 is 0 Å². The number of amides is 1. The summed E-state index contributed by atoms with van der Waals surface area (Å²) in [5.41, 5.74) is 1.61. The molecule has 0 saturated carbocycles. The summed E-state index contributed by atoms with van der Waals surface area (Å²) in [5.74, 6) is -0.234. The SMILES string of the molecule is Cc1ccc(S(=O)(=O)Nc2ccc3c(c2)CC(=O)N([C@@H](C)CO)C[C@@H](C)[C@@H](CN(C)S(=O)(=O)c2ccccc2)O3)cc1. The Kier molecular flexibility index (Phi) is 9.61. The molecule has 3 aromatic rings. The lowest BCUT2D eigenvalue weighted by Gasteiger charge is -2.33. The van der Waals surface area contributed by atoms with Crippen LogP contribution in [-0.4, -0.2) is 75.9 Å². The van der Waals surface area contributed by atoms with Gasteiger partial charge in [-0.1, -0.05) is 42.8 Å². The van der Waals surface area contributed by atoms with Crippen LogP contribution in [0.15, 0.2) is 82.6 Å². The van der Waals surface area contributed by atoms with Crippen molar-refractivity contribution in [2.24, 2.45) is 5.92 Å². The molecule has 1 amide bonds. The van der Waals surface area contributed by atoms with E-state index in [0.717, 1.165) is 5.56 Å². The first-order chi connectivity index (χ1) is 19.8. The van der Waals surface area contributed by atoms with Gasteiger partial charge in [-0.05, 0) is 56.3 Å². The minimum Gasteiger partial charge on any atom is -0.488 e. The van der Waals surface area contributed by atoms with Gasteiger partial charge in [0, 0.05) is 30.8 Å². The van der Waals surface area contributed by atoms with Crippen LogP contribution >= 0.6 is 0 Å². The predicted molar refractivity (Wildman–Crippen MR) is 160 cm³/mol. The van der Waals surface area contributed by atoms with Crippen LogP contribution in [0.3, 0.4) is 0 Å². The second kappa shape index (κ2) is 12.8. The van der Waals surface area contributed by atoms with Crippen LogP contribution in [0.25, 0.3) is 0 Å². The number of hydrogen-bond donors (Lipinski definition) is 2. The number of aryl methyl sites for hydroxylation is 1. The van der Waals surface area contributed by atoms with Gasteiger partial charge < -0.3 is 14.7 Å². The maximum Gasteiger partial charge on any atom is 0.261 e. The molecule has 0 bridgehead atoms. The summed E-state index contributed by atoms with van der Waals surface area (Å²) in [6.45, 7) is 5.43. The van der Waals surface area contributed by atoms with Gasteiger partial charge in [0.1, 0.15) is 11.9 Å². The number of carbonyl (C=O) groups excluding carboxylic acids is 1. The summed E-state index contributed by atoms with van der Waals surface area (Å²) in [6.07, 6.45) is -0.765. The number of carbonyl (C=O) groups is 1. The summed E-state index contributed by atoms with van der Waals surface area (Å²) in [6, 6.07) is 18.7. The van der Waals surface area contributed by atoms with E-state index >= 15 is 0 Å². The smallest absolute Gasteiger partial charge is 0.261 e. The molecule has 1 aliphatic heterocycles. The molecule has 0 aliphatic carbocycles. The molecule has 0 saturated heterocycles. The first-order valence-corrected chi connectivity index (χ1v) is 16.5. The third-order valence-electron chi connectivity index (χ3n) is 7.39. The second-order valence-electron chi connectivity index (χ2n) is 10.7. The second-order valence-corrected chi connectivity index (χ2v) is 14.5. The van der Waals surface area contributed by atoms with Gasteiger partial charge in [-0.3, -0.25) is 9.52 Å². The maximum atomic E-state index is 13.5. The molecule has 1 heterocycles. The molecule has 3 atom stereocenters. The lowest BCUT2D eigenvalue weighted by Crippen LogP contribution is -2.48. The number of anilines is 1. The van der Waals surface area contributed by atoms with Crippen LogP contribution in [0, 0.1) is 12.8 Å². The molecule has 0 unspecified atom stereocenters. The van der Waals surface area contributed by atoms with Gasteiger partial charge in [0.05, 0.1) is 35.4 Å². The molecular weight excluding hydrogens is 578 g/mol. The molecular formula is C30H37N3O7S2. The molecule has 4 rings (SSSR count). The van der Waals surface area contributed by atoms with E-state index in [2.05, 4.69) is 4.72 Å². The number of benzene rings is 3. The molecule has 2 N–H and O–H groups in total. The molecule has 1 aliphatic rings. The average molecular weight is 616 g/mol. The first kappa shape index (κ1) is 31.5. The summed E-state index contributed by atoms with van der Waals surface area (Å²) >= 11 is 0. The van der Waals surface area contributed by atoms with Crippen molar-refractivity contribution in [3.8, 4) is 5.75 Å². The number of aliphatic hydroxyl groups excluding tert-OH is 1. The highest BCUT2D eigenvalue weighted by molar-refractivity contribution is 7.92. The number of nitrogens with one attached hydrogen (secondary N) is 1. The fraction of sp³-hybridized carbons (Fsp3) is 0.367. The number of fused-ring (bicyclic) bond motifs is 1. The first-order valence-electron chi connectivity index (χ1n) is 13.6. The van der Waals surface area contributed by atoms with E-state index in [9.17, 15) is 26.7 Å². The Morgan fingerprint density at radius 2 is 1.69 bits per heavy atom. The zero-order valence-electron chi connectivity index (χ0n) is 24.1. The molecule has 226 valence electrons. The van der Waals surface area contributed by atoms with Crippen LogP contribution < -0.4 is 9.46 Å². The van der Waals surface area contributed by atoms with Crippen molar-refractivity contribution in [3.63, 3.8) is 0 Å². The van der Waals surface area contributed by atoms with Crippen LogP contribution in [0.5, 0.6) is 5.75 Å². The lowest BCUT2D eigenvalue weighted by molar-refractivity contribution is -0.134. The van der Waals surface area contributed by atoms with Crippen molar-refractivity contribution in [2.75, 3.05) is 31.5 Å². The van der Waals surface area contributed by atoms with E-state index in [-0.39, 0.29) is 53.4 Å². The van der Waals surface area contributed by atoms with Crippen molar-refractivity contribution < 1.29 is 31.5 Å². The number of hydrogen-bond acceptors (Lipinski definition) is 7. The Balaban J connectivity index is 1.68. The van der Waals surface area contributed by atoms with E-state index in [1.54, 1.807) is 60.4 Å². The number of nitrogens with zero attached hydrogens (tertiary/aromatic N) is 2. The van der Waals surface area contributed by atoms with Gasteiger partial charge in [0.25, 0.3) is 10.0 Å². The van der Waals surface area contributed by atoms with Gasteiger partial charge in [0.15, 0.2) is 0 Å². The van der Waals surface area contributed by atoms with Crippen molar-refractivity contribution in [1.29, 1.82) is 0 Å². The Hall–Kier alpha value is -3.45. The minimum absolute atomic E-state index is 0.00479. The highest BCUT2D eigenvalue weighted by atomic mass is 32.2. The lowest BCUT2D eigenvalue weighted by atomic mass is 10.0. The highest BCUT2D eigenvalue weighted by Gasteiger charge is 2.33. The van der Waals surface area contributed by atoms with E-state index in [0.29, 0.717) is 11.3 Å². The molecule has 10 nitrogen and oxygen atoms in total. The van der Waals surface area contributed by atoms with Crippen LogP contribution in [0.4, 0.5) is 5.69 Å². The number of likely N-dealkylation sites (N-methyl/N-ethyl adjacent to an activating group) is 1. The Morgan fingerprint density at radius 3 is 2.33 bits per heavy atom. The molecule has 42 heavy (non-hydrogen) atoms. The van der Waals surface area contributed by atoms with E-state index < -0.39 is 32.2 Å². The molecule has 0 spiro atoms. The van der Waals surface area contributed by atoms with Crippen molar-refractivity contribution in [2.45, 2.75) is 49.1 Å². The number of rotatable bonds is 9. The molecule has 3 aromatic carbocycles. The maximum absolute atomic E-state index is 13.5. The normalized spacial score (nSPS) is 18.8. The van der Waals surface area contributed by atoms with Crippen molar-refractivity contribution in [1.82, 2.24) is 9.21 Å². The Labute approximate surface area is 248 Å². The van der Waals surface area contributed by atoms with Crippen LogP contribution in [0.1, 0.15) is 25.0 Å². The summed E-state index contributed by atoms with van der Waals surface area (Å²) in [5, 5.41) is 9.87. The third kappa shape index (κ3) is 7.12. The molecule has 0 radical (unpaired) electrons.